The molecule has 194 valence electrons. The predicted octanol–water partition coefficient (Wildman–Crippen LogP) is 4.82. The summed E-state index contributed by atoms with van der Waals surface area (Å²) in [4.78, 5) is 16.0. The molecule has 0 aliphatic carbocycles. The molecule has 0 aromatic heterocycles. The van der Waals surface area contributed by atoms with E-state index in [1.54, 1.807) is 24.3 Å². The first-order chi connectivity index (χ1) is 18.4. The Kier molecular flexibility index (Phi) is 6.25. The highest BCUT2D eigenvalue weighted by Crippen LogP contribution is 2.36. The van der Waals surface area contributed by atoms with Gasteiger partial charge in [-0.3, -0.25) is 10.1 Å². The van der Waals surface area contributed by atoms with Gasteiger partial charge >= 0.3 is 0 Å². The average molecular weight is 529 g/mol. The fourth-order valence-corrected chi connectivity index (χ4v) is 6.94. The zero-order valence-corrected chi connectivity index (χ0v) is 21.7. The van der Waals surface area contributed by atoms with E-state index >= 15 is 0 Å². The largest absolute Gasteiger partial charge is 0.369 e. The number of piperazine rings is 1. The number of benzene rings is 4. The third kappa shape index (κ3) is 4.48. The Morgan fingerprint density at radius 1 is 0.711 bits per heavy atom. The molecule has 0 saturated carbocycles. The molecule has 4 aromatic carbocycles. The third-order valence-corrected chi connectivity index (χ3v) is 9.48. The highest BCUT2D eigenvalue weighted by Gasteiger charge is 2.30. The molecule has 0 amide bonds. The Morgan fingerprint density at radius 2 is 1.42 bits per heavy atom. The van der Waals surface area contributed by atoms with Gasteiger partial charge in [-0.25, -0.2) is 8.42 Å². The molecule has 2 heterocycles. The van der Waals surface area contributed by atoms with Crippen molar-refractivity contribution in [2.45, 2.75) is 17.9 Å². The molecule has 0 unspecified atom stereocenters. The van der Waals surface area contributed by atoms with Crippen molar-refractivity contribution >= 4 is 37.9 Å². The second kappa shape index (κ2) is 9.74. The number of anilines is 2. The van der Waals surface area contributed by atoms with Crippen molar-refractivity contribution in [1.29, 1.82) is 0 Å². The van der Waals surface area contributed by atoms with Crippen LogP contribution in [0.4, 0.5) is 17.1 Å². The molecule has 1 fully saturated rings. The summed E-state index contributed by atoms with van der Waals surface area (Å²) in [6.07, 6.45) is 0.836. The maximum atomic E-state index is 13.4. The molecule has 1 saturated heterocycles. The Bertz CT molecular complexity index is 1630. The van der Waals surface area contributed by atoms with Gasteiger partial charge in [-0.2, -0.15) is 4.31 Å². The summed E-state index contributed by atoms with van der Waals surface area (Å²) in [6.45, 7) is 3.04. The van der Waals surface area contributed by atoms with Crippen LogP contribution in [-0.2, 0) is 23.0 Å². The number of nitrogens with zero attached hydrogens (tertiary/aromatic N) is 4. The molecule has 38 heavy (non-hydrogen) atoms. The van der Waals surface area contributed by atoms with Crippen LogP contribution in [0.15, 0.2) is 89.8 Å². The van der Waals surface area contributed by atoms with Crippen molar-refractivity contribution in [3.8, 4) is 0 Å². The van der Waals surface area contributed by atoms with E-state index in [1.165, 1.54) is 15.4 Å². The summed E-state index contributed by atoms with van der Waals surface area (Å²) in [7, 11) is -3.62. The van der Waals surface area contributed by atoms with E-state index < -0.39 is 10.0 Å². The minimum Gasteiger partial charge on any atom is -0.369 e. The molecule has 2 aliphatic rings. The molecular formula is C29H28N4O4S. The van der Waals surface area contributed by atoms with Crippen LogP contribution in [0.3, 0.4) is 0 Å². The Morgan fingerprint density at radius 3 is 2.18 bits per heavy atom. The number of nitro groups is 1. The molecule has 4 aromatic rings. The van der Waals surface area contributed by atoms with Gasteiger partial charge in [0.25, 0.3) is 5.69 Å². The first-order valence-electron chi connectivity index (χ1n) is 12.7. The Labute approximate surface area is 221 Å². The van der Waals surface area contributed by atoms with E-state index in [4.69, 9.17) is 0 Å². The fraction of sp³-hybridized carbons (Fsp3) is 0.241. The van der Waals surface area contributed by atoms with Gasteiger partial charge in [0.05, 0.1) is 9.82 Å². The van der Waals surface area contributed by atoms with Gasteiger partial charge in [-0.05, 0) is 52.6 Å². The normalized spacial score (nSPS) is 16.4. The standard InChI is InChI=1S/C29H28N4O4S/c34-33(35)28-12-10-26(20-29(28)31-14-13-23-6-2-4-8-25(23)21-31)30-15-17-32(18-16-30)38(36,37)27-11-9-22-5-1-3-7-24(22)19-27/h1-12,19-20H,13-18,21H2. The molecule has 0 spiro atoms. The van der Waals surface area contributed by atoms with Gasteiger partial charge in [0.2, 0.25) is 10.0 Å². The molecule has 9 heteroatoms. The number of sulfonamides is 1. The summed E-state index contributed by atoms with van der Waals surface area (Å²) in [5.41, 5.74) is 4.03. The second-order valence-electron chi connectivity index (χ2n) is 9.77. The van der Waals surface area contributed by atoms with Gasteiger partial charge in [-0.1, -0.05) is 54.6 Å². The smallest absolute Gasteiger partial charge is 0.292 e. The minimum atomic E-state index is -3.62. The third-order valence-electron chi connectivity index (χ3n) is 7.59. The monoisotopic (exact) mass is 528 g/mol. The number of fused-ring (bicyclic) bond motifs is 2. The molecule has 0 N–H and O–H groups in total. The Hall–Kier alpha value is -3.95. The van der Waals surface area contributed by atoms with Crippen molar-refractivity contribution in [3.63, 3.8) is 0 Å². The van der Waals surface area contributed by atoms with Crippen LogP contribution in [0, 0.1) is 10.1 Å². The SMILES string of the molecule is O=[N+]([O-])c1ccc(N2CCN(S(=O)(=O)c3ccc4ccccc4c3)CC2)cc1N1CCc2ccccc2C1. The highest BCUT2D eigenvalue weighted by molar-refractivity contribution is 7.89. The van der Waals surface area contributed by atoms with E-state index in [1.807, 2.05) is 48.5 Å². The molecule has 0 atom stereocenters. The van der Waals surface area contributed by atoms with E-state index in [-0.39, 0.29) is 10.6 Å². The lowest BCUT2D eigenvalue weighted by Gasteiger charge is -2.36. The molecule has 2 aliphatic heterocycles. The molecule has 0 bridgehead atoms. The maximum Gasteiger partial charge on any atom is 0.292 e. The highest BCUT2D eigenvalue weighted by atomic mass is 32.2. The summed E-state index contributed by atoms with van der Waals surface area (Å²) >= 11 is 0. The molecule has 6 rings (SSSR count). The predicted molar refractivity (Wildman–Crippen MR) is 149 cm³/mol. The summed E-state index contributed by atoms with van der Waals surface area (Å²) in [5.74, 6) is 0. The van der Waals surface area contributed by atoms with Crippen LogP contribution in [0.1, 0.15) is 11.1 Å². The quantitative estimate of drug-likeness (QED) is 0.273. The summed E-state index contributed by atoms with van der Waals surface area (Å²) < 4.78 is 28.3. The molecule has 8 nitrogen and oxygen atoms in total. The van der Waals surface area contributed by atoms with Crippen LogP contribution in [-0.4, -0.2) is 50.4 Å². The molecular weight excluding hydrogens is 500 g/mol. The van der Waals surface area contributed by atoms with Crippen molar-refractivity contribution in [1.82, 2.24) is 4.31 Å². The maximum absolute atomic E-state index is 13.4. The van der Waals surface area contributed by atoms with Gasteiger partial charge in [0, 0.05) is 51.0 Å². The van der Waals surface area contributed by atoms with Crippen LogP contribution in [0.25, 0.3) is 10.8 Å². The zero-order chi connectivity index (χ0) is 26.3. The van der Waals surface area contributed by atoms with E-state index in [2.05, 4.69) is 21.9 Å². The summed E-state index contributed by atoms with van der Waals surface area (Å²) in [6, 6.07) is 26.4. The van der Waals surface area contributed by atoms with E-state index in [0.717, 1.165) is 22.9 Å². The van der Waals surface area contributed by atoms with Gasteiger partial charge in [0.15, 0.2) is 0 Å². The first-order valence-corrected chi connectivity index (χ1v) is 14.2. The lowest BCUT2D eigenvalue weighted by molar-refractivity contribution is -0.384. The second-order valence-corrected chi connectivity index (χ2v) is 11.7. The van der Waals surface area contributed by atoms with Gasteiger partial charge in [-0.15, -0.1) is 0 Å². The number of hydrogen-bond acceptors (Lipinski definition) is 6. The molecule has 0 radical (unpaired) electrons. The van der Waals surface area contributed by atoms with Gasteiger partial charge in [0.1, 0.15) is 5.69 Å². The number of hydrogen-bond donors (Lipinski definition) is 0. The van der Waals surface area contributed by atoms with Crippen molar-refractivity contribution < 1.29 is 13.3 Å². The number of nitro benzene ring substituents is 1. The zero-order valence-electron chi connectivity index (χ0n) is 20.9. The van der Waals surface area contributed by atoms with E-state index in [0.29, 0.717) is 49.9 Å². The van der Waals surface area contributed by atoms with E-state index in [9.17, 15) is 18.5 Å². The lowest BCUT2D eigenvalue weighted by atomic mass is 9.99. The lowest BCUT2D eigenvalue weighted by Crippen LogP contribution is -2.48. The Balaban J connectivity index is 1.21. The van der Waals surface area contributed by atoms with Crippen LogP contribution in [0.5, 0.6) is 0 Å². The van der Waals surface area contributed by atoms with Crippen LogP contribution < -0.4 is 9.80 Å². The average Bonchev–Trinajstić information content (AvgIpc) is 2.96. The van der Waals surface area contributed by atoms with Crippen molar-refractivity contribution in [2.24, 2.45) is 0 Å². The van der Waals surface area contributed by atoms with Crippen LogP contribution in [0.2, 0.25) is 0 Å². The first kappa shape index (κ1) is 24.4. The topological polar surface area (TPSA) is 87.0 Å². The van der Waals surface area contributed by atoms with Gasteiger partial charge < -0.3 is 9.80 Å². The van der Waals surface area contributed by atoms with Crippen molar-refractivity contribution in [2.75, 3.05) is 42.5 Å². The van der Waals surface area contributed by atoms with Crippen LogP contribution >= 0.6 is 0 Å². The number of rotatable bonds is 5. The minimum absolute atomic E-state index is 0.0886. The fourth-order valence-electron chi connectivity index (χ4n) is 5.48. The summed E-state index contributed by atoms with van der Waals surface area (Å²) in [5, 5.41) is 13.8. The van der Waals surface area contributed by atoms with Crippen molar-refractivity contribution in [3.05, 3.63) is 106 Å².